The average molecular weight is 304 g/mol. The van der Waals surface area contributed by atoms with E-state index in [-0.39, 0.29) is 11.4 Å². The van der Waals surface area contributed by atoms with Crippen molar-refractivity contribution in [3.63, 3.8) is 0 Å². The van der Waals surface area contributed by atoms with Gasteiger partial charge in [-0.25, -0.2) is 4.79 Å². The number of carbonyl (C=O) groups is 2. The molecule has 5 rings (SSSR count). The number of benzene rings is 2. The first-order valence-electron chi connectivity index (χ1n) is 7.41. The van der Waals surface area contributed by atoms with Gasteiger partial charge in [0.2, 0.25) is 11.4 Å². The molecule has 23 heavy (non-hydrogen) atoms. The Hall–Kier alpha value is -2.72. The Morgan fingerprint density at radius 1 is 1.00 bits per heavy atom. The monoisotopic (exact) mass is 304 g/mol. The van der Waals surface area contributed by atoms with E-state index in [4.69, 9.17) is 4.74 Å². The number of fused-ring (bicyclic) bond motifs is 5. The van der Waals surface area contributed by atoms with Crippen molar-refractivity contribution in [1.29, 1.82) is 0 Å². The summed E-state index contributed by atoms with van der Waals surface area (Å²) >= 11 is 0. The molecule has 1 unspecified atom stereocenters. The molecule has 3 aliphatic rings. The second-order valence-electron chi connectivity index (χ2n) is 6.26. The van der Waals surface area contributed by atoms with Crippen LogP contribution in [0.2, 0.25) is 0 Å². The summed E-state index contributed by atoms with van der Waals surface area (Å²) in [5.74, 6) is -1.64. The van der Waals surface area contributed by atoms with Crippen molar-refractivity contribution in [3.8, 4) is 0 Å². The van der Waals surface area contributed by atoms with Crippen molar-refractivity contribution in [2.45, 2.75) is 17.1 Å². The maximum absolute atomic E-state index is 13.2. The summed E-state index contributed by atoms with van der Waals surface area (Å²) in [5, 5.41) is 11.7. The summed E-state index contributed by atoms with van der Waals surface area (Å²) in [6.45, 7) is 3.82. The summed E-state index contributed by atoms with van der Waals surface area (Å²) in [6.07, 6.45) is 0. The minimum atomic E-state index is -1.67. The predicted molar refractivity (Wildman–Crippen MR) is 80.9 cm³/mol. The number of rotatable bonds is 0. The van der Waals surface area contributed by atoms with Crippen LogP contribution < -0.4 is 0 Å². The van der Waals surface area contributed by atoms with E-state index < -0.39 is 23.1 Å². The SMILES string of the molecule is C=C1C(=O)O[C@@]23C(=O)c4ccccc4[C@]2(O)c2ccccc2C13. The Bertz CT molecular complexity index is 944. The Morgan fingerprint density at radius 2 is 1.65 bits per heavy atom. The summed E-state index contributed by atoms with van der Waals surface area (Å²) in [4.78, 5) is 25.4. The van der Waals surface area contributed by atoms with E-state index in [9.17, 15) is 14.7 Å². The van der Waals surface area contributed by atoms with E-state index in [2.05, 4.69) is 6.58 Å². The molecule has 0 aromatic heterocycles. The molecule has 2 aliphatic carbocycles. The van der Waals surface area contributed by atoms with Crippen molar-refractivity contribution in [3.05, 3.63) is 82.9 Å². The number of ketones is 1. The molecule has 1 N–H and O–H groups in total. The fourth-order valence-electron chi connectivity index (χ4n) is 4.49. The largest absolute Gasteiger partial charge is 0.442 e. The highest BCUT2D eigenvalue weighted by Gasteiger charge is 2.78. The Balaban J connectivity index is 1.97. The Morgan fingerprint density at radius 3 is 2.43 bits per heavy atom. The molecule has 1 aliphatic heterocycles. The lowest BCUT2D eigenvalue weighted by Gasteiger charge is -2.33. The number of ether oxygens (including phenoxy) is 1. The zero-order chi connectivity index (χ0) is 16.0. The second-order valence-corrected chi connectivity index (χ2v) is 6.26. The average Bonchev–Trinajstić information content (AvgIpc) is 3.04. The van der Waals surface area contributed by atoms with Crippen LogP contribution in [0.15, 0.2) is 60.7 Å². The van der Waals surface area contributed by atoms with E-state index in [0.29, 0.717) is 16.7 Å². The van der Waals surface area contributed by atoms with Crippen LogP contribution >= 0.6 is 0 Å². The Labute approximate surface area is 132 Å². The van der Waals surface area contributed by atoms with Gasteiger partial charge < -0.3 is 9.84 Å². The number of aliphatic hydroxyl groups is 1. The smallest absolute Gasteiger partial charge is 0.335 e. The van der Waals surface area contributed by atoms with E-state index in [1.54, 1.807) is 30.3 Å². The van der Waals surface area contributed by atoms with Gasteiger partial charge in [-0.3, -0.25) is 4.79 Å². The van der Waals surface area contributed by atoms with Crippen molar-refractivity contribution in [2.75, 3.05) is 0 Å². The van der Waals surface area contributed by atoms with Gasteiger partial charge in [-0.15, -0.1) is 0 Å². The van der Waals surface area contributed by atoms with Crippen LogP contribution in [0.1, 0.15) is 33.0 Å². The molecule has 0 bridgehead atoms. The molecule has 1 fully saturated rings. The van der Waals surface area contributed by atoms with Crippen molar-refractivity contribution in [2.24, 2.45) is 0 Å². The molecule has 112 valence electrons. The molecular weight excluding hydrogens is 292 g/mol. The maximum atomic E-state index is 13.2. The van der Waals surface area contributed by atoms with Crippen LogP contribution in [0.4, 0.5) is 0 Å². The predicted octanol–water partition coefficient (Wildman–Crippen LogP) is 2.07. The van der Waals surface area contributed by atoms with Crippen molar-refractivity contribution >= 4 is 11.8 Å². The maximum Gasteiger partial charge on any atom is 0.335 e. The lowest BCUT2D eigenvalue weighted by atomic mass is 9.77. The molecule has 1 heterocycles. The van der Waals surface area contributed by atoms with Gasteiger partial charge in [-0.2, -0.15) is 0 Å². The number of esters is 1. The van der Waals surface area contributed by atoms with Crippen LogP contribution in [-0.4, -0.2) is 22.5 Å². The van der Waals surface area contributed by atoms with Gasteiger partial charge in [-0.1, -0.05) is 55.1 Å². The zero-order valence-corrected chi connectivity index (χ0v) is 12.1. The van der Waals surface area contributed by atoms with Gasteiger partial charge in [0.1, 0.15) is 0 Å². The normalized spacial score (nSPS) is 33.1. The second kappa shape index (κ2) is 3.60. The molecule has 3 atom stereocenters. The van der Waals surface area contributed by atoms with E-state index >= 15 is 0 Å². The summed E-state index contributed by atoms with van der Waals surface area (Å²) in [5.41, 5.74) is -0.884. The quantitative estimate of drug-likeness (QED) is 0.598. The van der Waals surface area contributed by atoms with Crippen molar-refractivity contribution in [1.82, 2.24) is 0 Å². The molecular formula is C19H12O4. The van der Waals surface area contributed by atoms with Gasteiger partial charge in [0.25, 0.3) is 0 Å². The number of hydrogen-bond acceptors (Lipinski definition) is 4. The van der Waals surface area contributed by atoms with Gasteiger partial charge in [0.15, 0.2) is 5.60 Å². The topological polar surface area (TPSA) is 63.6 Å². The van der Waals surface area contributed by atoms with Crippen LogP contribution in [0.3, 0.4) is 0 Å². The van der Waals surface area contributed by atoms with Gasteiger partial charge in [0.05, 0.1) is 5.92 Å². The first-order valence-corrected chi connectivity index (χ1v) is 7.41. The molecule has 0 amide bonds. The van der Waals surface area contributed by atoms with Gasteiger partial charge in [0, 0.05) is 16.7 Å². The number of carbonyl (C=O) groups excluding carboxylic acids is 2. The van der Waals surface area contributed by atoms with Gasteiger partial charge >= 0.3 is 5.97 Å². The third kappa shape index (κ3) is 1.07. The number of Topliss-reactive ketones (excluding diaryl/α,β-unsaturated/α-hetero) is 1. The molecule has 2 aromatic rings. The lowest BCUT2D eigenvalue weighted by Crippen LogP contribution is -2.51. The van der Waals surface area contributed by atoms with Crippen LogP contribution in [0, 0.1) is 0 Å². The fraction of sp³-hybridized carbons (Fsp3) is 0.158. The molecule has 1 spiro atoms. The highest BCUT2D eigenvalue weighted by Crippen LogP contribution is 2.66. The highest BCUT2D eigenvalue weighted by atomic mass is 16.6. The van der Waals surface area contributed by atoms with E-state index in [0.717, 1.165) is 5.56 Å². The Kier molecular flexibility index (Phi) is 2.00. The first-order chi connectivity index (χ1) is 11.0. The van der Waals surface area contributed by atoms with Crippen LogP contribution in [0.25, 0.3) is 0 Å². The van der Waals surface area contributed by atoms with E-state index in [1.165, 1.54) is 0 Å². The molecule has 2 aromatic carbocycles. The number of hydrogen-bond donors (Lipinski definition) is 1. The van der Waals surface area contributed by atoms with Crippen LogP contribution in [-0.2, 0) is 15.1 Å². The first kappa shape index (κ1) is 12.8. The lowest BCUT2D eigenvalue weighted by molar-refractivity contribution is -0.158. The summed E-state index contributed by atoms with van der Waals surface area (Å²) in [7, 11) is 0. The van der Waals surface area contributed by atoms with Crippen LogP contribution in [0.5, 0.6) is 0 Å². The minimum Gasteiger partial charge on any atom is -0.442 e. The highest BCUT2D eigenvalue weighted by molar-refractivity contribution is 6.16. The zero-order valence-electron chi connectivity index (χ0n) is 12.1. The van der Waals surface area contributed by atoms with Crippen molar-refractivity contribution < 1.29 is 19.4 Å². The van der Waals surface area contributed by atoms with E-state index in [1.807, 2.05) is 18.2 Å². The minimum absolute atomic E-state index is 0.217. The molecule has 0 radical (unpaired) electrons. The standard InChI is InChI=1S/C19H12O4/c1-10-15-11-6-2-4-8-13(11)18(22)14-9-5-3-7-12(14)16(20)19(15,18)23-17(10)21/h2-9,15,22H,1H2/t15?,18-,19+/m1/s1. The fourth-order valence-corrected chi connectivity index (χ4v) is 4.49. The van der Waals surface area contributed by atoms with Gasteiger partial charge in [-0.05, 0) is 11.1 Å². The molecule has 4 heteroatoms. The molecule has 1 saturated heterocycles. The third-order valence-corrected chi connectivity index (χ3v) is 5.37. The summed E-state index contributed by atoms with van der Waals surface area (Å²) < 4.78 is 5.55. The summed E-state index contributed by atoms with van der Waals surface area (Å²) in [6, 6.07) is 14.1. The molecule has 0 saturated carbocycles. The molecule has 4 nitrogen and oxygen atoms in total. The third-order valence-electron chi connectivity index (χ3n) is 5.37.